The lowest BCUT2D eigenvalue weighted by atomic mass is 10.0. The van der Waals surface area contributed by atoms with Crippen molar-refractivity contribution in [1.82, 2.24) is 5.32 Å². The van der Waals surface area contributed by atoms with Crippen LogP contribution in [0.1, 0.15) is 27.5 Å². The number of carbonyl (C=O) groups is 1. The van der Waals surface area contributed by atoms with Gasteiger partial charge in [-0.3, -0.25) is 4.79 Å². The Balaban J connectivity index is 1.79. The molecule has 1 aliphatic heterocycles. The summed E-state index contributed by atoms with van der Waals surface area (Å²) >= 11 is 0. The number of ether oxygens (including phenoxy) is 3. The molecule has 0 bridgehead atoms. The Hall–Kier alpha value is -2.57. The molecule has 6 heteroatoms. The Bertz CT molecular complexity index is 786. The molecule has 1 amide bonds. The van der Waals surface area contributed by atoms with E-state index in [4.69, 9.17) is 14.2 Å². The van der Waals surface area contributed by atoms with Crippen LogP contribution >= 0.6 is 0 Å². The molecule has 28 heavy (non-hydrogen) atoms. The van der Waals surface area contributed by atoms with Crippen LogP contribution in [-0.4, -0.2) is 53.0 Å². The number of amides is 1. The quantitative estimate of drug-likeness (QED) is 0.756. The standard InChI is InChI=1S/C22H28N2O4/c1-16-4-6-17(7-5-16)19(15-24-10-12-28-13-11-24)23-22(25)18-8-9-20(26-2)21(14-18)27-3/h4-9,14,19H,10-13,15H2,1-3H3,(H,23,25)/p+1/t19-/m0/s1. The van der Waals surface area contributed by atoms with E-state index in [-0.39, 0.29) is 11.9 Å². The predicted molar refractivity (Wildman–Crippen MR) is 107 cm³/mol. The van der Waals surface area contributed by atoms with Crippen LogP contribution in [0, 0.1) is 6.92 Å². The van der Waals surface area contributed by atoms with Gasteiger partial charge in [-0.05, 0) is 30.7 Å². The molecular formula is C22H29N2O4+. The van der Waals surface area contributed by atoms with Crippen molar-refractivity contribution in [1.29, 1.82) is 0 Å². The zero-order valence-corrected chi connectivity index (χ0v) is 16.8. The third-order valence-corrected chi connectivity index (χ3v) is 5.12. The number of carbonyl (C=O) groups excluding carboxylic acids is 1. The van der Waals surface area contributed by atoms with Crippen molar-refractivity contribution in [2.24, 2.45) is 0 Å². The Morgan fingerprint density at radius 3 is 2.39 bits per heavy atom. The van der Waals surface area contributed by atoms with Gasteiger partial charge in [-0.15, -0.1) is 0 Å². The first-order valence-corrected chi connectivity index (χ1v) is 9.61. The van der Waals surface area contributed by atoms with Gasteiger partial charge in [-0.2, -0.15) is 0 Å². The van der Waals surface area contributed by atoms with Crippen LogP contribution in [0.3, 0.4) is 0 Å². The van der Waals surface area contributed by atoms with Gasteiger partial charge in [0.1, 0.15) is 25.7 Å². The zero-order chi connectivity index (χ0) is 19.9. The minimum absolute atomic E-state index is 0.0747. The van der Waals surface area contributed by atoms with E-state index in [0.717, 1.165) is 38.4 Å². The van der Waals surface area contributed by atoms with E-state index in [1.54, 1.807) is 32.4 Å². The Morgan fingerprint density at radius 2 is 1.75 bits per heavy atom. The summed E-state index contributed by atoms with van der Waals surface area (Å²) in [5.41, 5.74) is 2.86. The molecule has 1 heterocycles. The number of morpholine rings is 1. The highest BCUT2D eigenvalue weighted by Crippen LogP contribution is 2.27. The average Bonchev–Trinajstić information content (AvgIpc) is 2.74. The number of hydrogen-bond acceptors (Lipinski definition) is 4. The van der Waals surface area contributed by atoms with Crippen molar-refractivity contribution in [3.63, 3.8) is 0 Å². The Kier molecular flexibility index (Phi) is 6.90. The molecule has 1 atom stereocenters. The maximum Gasteiger partial charge on any atom is 0.252 e. The number of rotatable bonds is 7. The molecule has 2 aromatic carbocycles. The molecule has 0 radical (unpaired) electrons. The molecule has 0 unspecified atom stereocenters. The molecule has 2 aromatic rings. The number of quaternary nitrogens is 1. The fourth-order valence-corrected chi connectivity index (χ4v) is 3.42. The van der Waals surface area contributed by atoms with E-state index in [9.17, 15) is 4.79 Å². The van der Waals surface area contributed by atoms with E-state index in [2.05, 4.69) is 36.5 Å². The summed E-state index contributed by atoms with van der Waals surface area (Å²) in [5.74, 6) is 1.02. The van der Waals surface area contributed by atoms with Crippen molar-refractivity contribution in [3.8, 4) is 11.5 Å². The van der Waals surface area contributed by atoms with Gasteiger partial charge >= 0.3 is 0 Å². The average molecular weight is 385 g/mol. The highest BCUT2D eigenvalue weighted by Gasteiger charge is 2.24. The smallest absolute Gasteiger partial charge is 0.252 e. The minimum atomic E-state index is -0.126. The number of methoxy groups -OCH3 is 2. The summed E-state index contributed by atoms with van der Waals surface area (Å²) in [6, 6.07) is 13.5. The second-order valence-corrected chi connectivity index (χ2v) is 7.07. The van der Waals surface area contributed by atoms with Crippen LogP contribution in [-0.2, 0) is 4.74 Å². The maximum absolute atomic E-state index is 13.0. The van der Waals surface area contributed by atoms with Gasteiger partial charge in [0, 0.05) is 5.56 Å². The molecule has 2 N–H and O–H groups in total. The van der Waals surface area contributed by atoms with Crippen LogP contribution in [0.25, 0.3) is 0 Å². The lowest BCUT2D eigenvalue weighted by Gasteiger charge is -2.28. The van der Waals surface area contributed by atoms with Gasteiger partial charge in [-0.1, -0.05) is 29.8 Å². The molecular weight excluding hydrogens is 356 g/mol. The summed E-state index contributed by atoms with van der Waals surface area (Å²) in [6.45, 7) is 6.32. The molecule has 1 saturated heterocycles. The zero-order valence-electron chi connectivity index (χ0n) is 16.8. The third-order valence-electron chi connectivity index (χ3n) is 5.12. The summed E-state index contributed by atoms with van der Waals surface area (Å²) in [5, 5.41) is 3.21. The number of hydrogen-bond donors (Lipinski definition) is 2. The van der Waals surface area contributed by atoms with E-state index in [1.807, 2.05) is 0 Å². The second-order valence-electron chi connectivity index (χ2n) is 7.07. The molecule has 6 nitrogen and oxygen atoms in total. The van der Waals surface area contributed by atoms with Gasteiger partial charge in [-0.25, -0.2) is 0 Å². The molecule has 0 saturated carbocycles. The first-order chi connectivity index (χ1) is 13.6. The van der Waals surface area contributed by atoms with E-state index >= 15 is 0 Å². The van der Waals surface area contributed by atoms with Gasteiger partial charge < -0.3 is 24.4 Å². The molecule has 0 spiro atoms. The highest BCUT2D eigenvalue weighted by molar-refractivity contribution is 5.95. The van der Waals surface area contributed by atoms with Crippen LogP contribution in [0.2, 0.25) is 0 Å². The van der Waals surface area contributed by atoms with E-state index < -0.39 is 0 Å². The van der Waals surface area contributed by atoms with Crippen molar-refractivity contribution in [2.45, 2.75) is 13.0 Å². The summed E-state index contributed by atoms with van der Waals surface area (Å²) in [7, 11) is 3.15. The van der Waals surface area contributed by atoms with E-state index in [1.165, 1.54) is 10.5 Å². The summed E-state index contributed by atoms with van der Waals surface area (Å²) in [4.78, 5) is 14.4. The lowest BCUT2D eigenvalue weighted by Crippen LogP contribution is -3.14. The highest BCUT2D eigenvalue weighted by atomic mass is 16.5. The largest absolute Gasteiger partial charge is 0.493 e. The van der Waals surface area contributed by atoms with Crippen molar-refractivity contribution < 1.29 is 23.9 Å². The first-order valence-electron chi connectivity index (χ1n) is 9.61. The fourth-order valence-electron chi connectivity index (χ4n) is 3.42. The predicted octanol–water partition coefficient (Wildman–Crippen LogP) is 1.40. The van der Waals surface area contributed by atoms with E-state index in [0.29, 0.717) is 17.1 Å². The van der Waals surface area contributed by atoms with Crippen molar-refractivity contribution in [3.05, 3.63) is 59.2 Å². The number of benzene rings is 2. The Morgan fingerprint density at radius 1 is 1.07 bits per heavy atom. The molecule has 150 valence electrons. The van der Waals surface area contributed by atoms with Gasteiger partial charge in [0.15, 0.2) is 11.5 Å². The molecule has 0 aromatic heterocycles. The lowest BCUT2D eigenvalue weighted by molar-refractivity contribution is -0.909. The fraction of sp³-hybridized carbons (Fsp3) is 0.409. The van der Waals surface area contributed by atoms with Crippen LogP contribution in [0.5, 0.6) is 11.5 Å². The number of aryl methyl sites for hydroxylation is 1. The monoisotopic (exact) mass is 385 g/mol. The minimum Gasteiger partial charge on any atom is -0.493 e. The number of nitrogens with one attached hydrogen (secondary N) is 2. The van der Waals surface area contributed by atoms with Crippen LogP contribution in [0.4, 0.5) is 0 Å². The van der Waals surface area contributed by atoms with Crippen LogP contribution in [0.15, 0.2) is 42.5 Å². The topological polar surface area (TPSA) is 61.2 Å². The molecule has 1 fully saturated rings. The van der Waals surface area contributed by atoms with Crippen molar-refractivity contribution in [2.75, 3.05) is 47.1 Å². The molecule has 0 aliphatic carbocycles. The summed E-state index contributed by atoms with van der Waals surface area (Å²) in [6.07, 6.45) is 0. The third kappa shape index (κ3) is 5.03. The van der Waals surface area contributed by atoms with Crippen LogP contribution < -0.4 is 19.7 Å². The first kappa shape index (κ1) is 20.2. The second kappa shape index (κ2) is 9.57. The van der Waals surface area contributed by atoms with Gasteiger partial charge in [0.2, 0.25) is 0 Å². The SMILES string of the molecule is COc1ccc(C(=O)N[C@@H](C[NH+]2CCOCC2)c2ccc(C)cc2)cc1OC. The summed E-state index contributed by atoms with van der Waals surface area (Å²) < 4.78 is 16.1. The maximum atomic E-state index is 13.0. The van der Waals surface area contributed by atoms with Crippen molar-refractivity contribution >= 4 is 5.91 Å². The van der Waals surface area contributed by atoms with Gasteiger partial charge in [0.25, 0.3) is 5.91 Å². The molecule has 1 aliphatic rings. The normalized spacial score (nSPS) is 15.7. The Labute approximate surface area is 166 Å². The van der Waals surface area contributed by atoms with Gasteiger partial charge in [0.05, 0.1) is 27.4 Å². The molecule has 3 rings (SSSR count).